The molecule has 0 bridgehead atoms. The Morgan fingerprint density at radius 3 is 2.31 bits per heavy atom. The fraction of sp³-hybridized carbons (Fsp3) is 0.387. The van der Waals surface area contributed by atoms with Crippen LogP contribution in [0.2, 0.25) is 0 Å². The number of aromatic nitrogens is 2. The number of esters is 1. The van der Waals surface area contributed by atoms with Crippen LogP contribution in [-0.4, -0.2) is 35.4 Å². The first-order valence-electron chi connectivity index (χ1n) is 13.2. The standard InChI is InChI=1S/C31H36N2O5S/c1-7-35-26(30(34)36-8-2)17-21-9-15-24(16-10-21)37-19-27-20(3)32-29(39-27)23-13-11-22(12-14-23)25-18-28(38-33-25)31(4,5)6/h9-16,18,26H,7-8,17,19H2,1-6H3/t26-/m0/s1. The van der Waals surface area contributed by atoms with Crippen molar-refractivity contribution in [2.75, 3.05) is 13.2 Å². The van der Waals surface area contributed by atoms with Gasteiger partial charge in [0.15, 0.2) is 6.10 Å². The van der Waals surface area contributed by atoms with E-state index in [-0.39, 0.29) is 11.4 Å². The first-order valence-corrected chi connectivity index (χ1v) is 14.0. The van der Waals surface area contributed by atoms with E-state index in [0.717, 1.165) is 49.5 Å². The van der Waals surface area contributed by atoms with E-state index >= 15 is 0 Å². The number of thiazole rings is 1. The van der Waals surface area contributed by atoms with Crippen molar-refractivity contribution in [1.29, 1.82) is 0 Å². The van der Waals surface area contributed by atoms with Gasteiger partial charge in [-0.05, 0) is 38.5 Å². The molecule has 2 aromatic heterocycles. The summed E-state index contributed by atoms with van der Waals surface area (Å²) < 4.78 is 22.3. The van der Waals surface area contributed by atoms with Gasteiger partial charge in [0.1, 0.15) is 28.8 Å². The van der Waals surface area contributed by atoms with Crippen LogP contribution in [0.1, 0.15) is 56.5 Å². The highest BCUT2D eigenvalue weighted by Gasteiger charge is 2.21. The Kier molecular flexibility index (Phi) is 9.20. The molecule has 0 radical (unpaired) electrons. The second kappa shape index (κ2) is 12.6. The van der Waals surface area contributed by atoms with Crippen LogP contribution >= 0.6 is 11.3 Å². The fourth-order valence-electron chi connectivity index (χ4n) is 3.97. The monoisotopic (exact) mass is 548 g/mol. The molecular formula is C31H36N2O5S. The maximum atomic E-state index is 12.1. The Balaban J connectivity index is 1.37. The van der Waals surface area contributed by atoms with Crippen LogP contribution in [0.5, 0.6) is 5.75 Å². The summed E-state index contributed by atoms with van der Waals surface area (Å²) in [6.45, 7) is 13.2. The van der Waals surface area contributed by atoms with Gasteiger partial charge in [-0.2, -0.15) is 0 Å². The molecule has 2 aromatic carbocycles. The molecule has 7 nitrogen and oxygen atoms in total. The average molecular weight is 549 g/mol. The zero-order chi connectivity index (χ0) is 28.0. The predicted molar refractivity (Wildman–Crippen MR) is 153 cm³/mol. The zero-order valence-electron chi connectivity index (χ0n) is 23.4. The molecule has 4 aromatic rings. The van der Waals surface area contributed by atoms with E-state index in [2.05, 4.69) is 38.1 Å². The Hall–Kier alpha value is -3.49. The third-order valence-electron chi connectivity index (χ3n) is 6.20. The Morgan fingerprint density at radius 1 is 1.00 bits per heavy atom. The van der Waals surface area contributed by atoms with Crippen molar-refractivity contribution < 1.29 is 23.5 Å². The zero-order valence-corrected chi connectivity index (χ0v) is 24.3. The van der Waals surface area contributed by atoms with Crippen molar-refractivity contribution in [3.05, 3.63) is 76.5 Å². The third-order valence-corrected chi connectivity index (χ3v) is 7.38. The summed E-state index contributed by atoms with van der Waals surface area (Å²) in [5.41, 5.74) is 4.74. The van der Waals surface area contributed by atoms with Gasteiger partial charge in [-0.25, -0.2) is 9.78 Å². The lowest BCUT2D eigenvalue weighted by molar-refractivity contribution is -0.156. The van der Waals surface area contributed by atoms with Crippen molar-refractivity contribution in [2.24, 2.45) is 0 Å². The number of hydrogen-bond acceptors (Lipinski definition) is 8. The normalized spacial score (nSPS) is 12.4. The molecule has 2 heterocycles. The van der Waals surface area contributed by atoms with Crippen molar-refractivity contribution >= 4 is 17.3 Å². The van der Waals surface area contributed by atoms with Gasteiger partial charge in [0.2, 0.25) is 0 Å². The van der Waals surface area contributed by atoms with E-state index in [9.17, 15) is 4.79 Å². The van der Waals surface area contributed by atoms with E-state index in [0.29, 0.717) is 26.2 Å². The number of benzene rings is 2. The molecule has 0 saturated heterocycles. The Bertz CT molecular complexity index is 1370. The fourth-order valence-corrected chi connectivity index (χ4v) is 4.95. The molecule has 0 aliphatic rings. The van der Waals surface area contributed by atoms with Gasteiger partial charge in [-0.3, -0.25) is 0 Å². The van der Waals surface area contributed by atoms with Crippen LogP contribution in [0.25, 0.3) is 21.8 Å². The Morgan fingerprint density at radius 2 is 1.69 bits per heavy atom. The van der Waals surface area contributed by atoms with E-state index < -0.39 is 6.10 Å². The van der Waals surface area contributed by atoms with Gasteiger partial charge in [0.25, 0.3) is 0 Å². The third kappa shape index (κ3) is 7.34. The number of carbonyl (C=O) groups is 1. The minimum atomic E-state index is -0.606. The number of ether oxygens (including phenoxy) is 3. The molecule has 0 saturated carbocycles. The molecule has 39 heavy (non-hydrogen) atoms. The number of carbonyl (C=O) groups excluding carboxylic acids is 1. The molecule has 0 aliphatic heterocycles. The first-order chi connectivity index (χ1) is 18.7. The van der Waals surface area contributed by atoms with Crippen LogP contribution in [0.15, 0.2) is 59.1 Å². The lowest BCUT2D eigenvalue weighted by atomic mass is 9.93. The molecule has 206 valence electrons. The average Bonchev–Trinajstić information content (AvgIpc) is 3.56. The molecule has 4 rings (SSSR count). The lowest BCUT2D eigenvalue weighted by Gasteiger charge is -2.15. The molecule has 1 atom stereocenters. The van der Waals surface area contributed by atoms with Gasteiger partial charge in [-0.1, -0.05) is 62.3 Å². The van der Waals surface area contributed by atoms with Crippen molar-refractivity contribution in [1.82, 2.24) is 10.1 Å². The highest BCUT2D eigenvalue weighted by molar-refractivity contribution is 7.15. The van der Waals surface area contributed by atoms with Gasteiger partial charge in [0.05, 0.1) is 17.2 Å². The van der Waals surface area contributed by atoms with Gasteiger partial charge < -0.3 is 18.7 Å². The van der Waals surface area contributed by atoms with Crippen LogP contribution < -0.4 is 4.74 Å². The van der Waals surface area contributed by atoms with Crippen LogP contribution in [0.3, 0.4) is 0 Å². The largest absolute Gasteiger partial charge is 0.488 e. The SMILES string of the molecule is CCOC(=O)[C@H](Cc1ccc(OCc2sc(-c3ccc(-c4cc(C(C)(C)C)on4)cc3)nc2C)cc1)OCC. The van der Waals surface area contributed by atoms with E-state index in [1.165, 1.54) is 0 Å². The summed E-state index contributed by atoms with van der Waals surface area (Å²) >= 11 is 1.63. The number of hydrogen-bond donors (Lipinski definition) is 0. The molecule has 0 fully saturated rings. The highest BCUT2D eigenvalue weighted by atomic mass is 32.1. The number of aryl methyl sites for hydroxylation is 1. The summed E-state index contributed by atoms with van der Waals surface area (Å²) in [6, 6.07) is 17.9. The molecule has 0 amide bonds. The van der Waals surface area contributed by atoms with E-state index in [4.69, 9.17) is 23.7 Å². The number of rotatable bonds is 11. The Labute approximate surface area is 234 Å². The van der Waals surface area contributed by atoms with E-state index in [1.54, 1.807) is 18.3 Å². The second-order valence-corrected chi connectivity index (χ2v) is 11.3. The quantitative estimate of drug-likeness (QED) is 0.184. The van der Waals surface area contributed by atoms with Gasteiger partial charge in [0, 0.05) is 35.6 Å². The number of nitrogens with zero attached hydrogens (tertiary/aromatic N) is 2. The topological polar surface area (TPSA) is 83.7 Å². The minimum absolute atomic E-state index is 0.0824. The molecule has 0 aliphatic carbocycles. The smallest absolute Gasteiger partial charge is 0.335 e. The summed E-state index contributed by atoms with van der Waals surface area (Å²) in [6.07, 6.45) is -0.150. The molecule has 0 N–H and O–H groups in total. The summed E-state index contributed by atoms with van der Waals surface area (Å²) in [5, 5.41) is 5.19. The second-order valence-electron chi connectivity index (χ2n) is 10.3. The van der Waals surface area contributed by atoms with Crippen LogP contribution in [0.4, 0.5) is 0 Å². The molecular weight excluding hydrogens is 512 g/mol. The maximum Gasteiger partial charge on any atom is 0.335 e. The summed E-state index contributed by atoms with van der Waals surface area (Å²) in [5.74, 6) is 1.28. The summed E-state index contributed by atoms with van der Waals surface area (Å²) in [4.78, 5) is 18.0. The van der Waals surface area contributed by atoms with Crippen LogP contribution in [-0.2, 0) is 32.7 Å². The maximum absolute atomic E-state index is 12.1. The summed E-state index contributed by atoms with van der Waals surface area (Å²) in [7, 11) is 0. The first kappa shape index (κ1) is 28.5. The van der Waals surface area contributed by atoms with E-state index in [1.807, 2.05) is 56.3 Å². The molecule has 0 spiro atoms. The van der Waals surface area contributed by atoms with Crippen molar-refractivity contribution in [3.63, 3.8) is 0 Å². The lowest BCUT2D eigenvalue weighted by Crippen LogP contribution is -2.28. The van der Waals surface area contributed by atoms with Gasteiger partial charge in [-0.15, -0.1) is 11.3 Å². The van der Waals surface area contributed by atoms with Crippen molar-refractivity contribution in [2.45, 2.75) is 66.1 Å². The molecule has 0 unspecified atom stereocenters. The molecule has 8 heteroatoms. The predicted octanol–water partition coefficient (Wildman–Crippen LogP) is 7.16. The highest BCUT2D eigenvalue weighted by Crippen LogP contribution is 2.32. The van der Waals surface area contributed by atoms with Crippen LogP contribution in [0, 0.1) is 6.92 Å². The van der Waals surface area contributed by atoms with Crippen molar-refractivity contribution in [3.8, 4) is 27.6 Å². The van der Waals surface area contributed by atoms with Gasteiger partial charge >= 0.3 is 5.97 Å². The minimum Gasteiger partial charge on any atom is -0.488 e.